The van der Waals surface area contributed by atoms with Gasteiger partial charge in [-0.3, -0.25) is 4.57 Å². The van der Waals surface area contributed by atoms with Crippen molar-refractivity contribution in [3.8, 4) is 0 Å². The van der Waals surface area contributed by atoms with E-state index in [1.54, 1.807) is 39.1 Å². The number of hydrogen-bond donors (Lipinski definition) is 1. The lowest BCUT2D eigenvalue weighted by molar-refractivity contribution is 0.0543. The highest BCUT2D eigenvalue weighted by atomic mass is 127. The van der Waals surface area contributed by atoms with Gasteiger partial charge in [0.1, 0.15) is 5.60 Å². The van der Waals surface area contributed by atoms with Crippen LogP contribution in [0.15, 0.2) is 24.4 Å². The quantitative estimate of drug-likeness (QED) is 0.758. The van der Waals surface area contributed by atoms with Crippen molar-refractivity contribution in [2.45, 2.75) is 26.4 Å². The van der Waals surface area contributed by atoms with Crippen molar-refractivity contribution in [3.05, 3.63) is 33.5 Å². The molecular formula is C14H14INO4. The molecule has 0 spiro atoms. The number of benzene rings is 1. The molecule has 5 nitrogen and oxygen atoms in total. The first-order valence-electron chi connectivity index (χ1n) is 5.97. The third-order valence-electron chi connectivity index (χ3n) is 2.60. The number of nitrogens with zero attached hydrogens (tertiary/aromatic N) is 1. The van der Waals surface area contributed by atoms with E-state index in [1.807, 2.05) is 22.6 Å². The van der Waals surface area contributed by atoms with E-state index in [9.17, 15) is 14.7 Å². The van der Waals surface area contributed by atoms with E-state index >= 15 is 0 Å². The fraction of sp³-hybridized carbons (Fsp3) is 0.286. The molecule has 0 saturated carbocycles. The Bertz CT molecular complexity index is 697. The highest BCUT2D eigenvalue weighted by Crippen LogP contribution is 2.27. The van der Waals surface area contributed by atoms with Crippen LogP contribution in [0.5, 0.6) is 0 Å². The molecule has 0 saturated heterocycles. The first-order chi connectivity index (χ1) is 9.20. The van der Waals surface area contributed by atoms with Gasteiger partial charge in [0.25, 0.3) is 0 Å². The molecule has 0 fully saturated rings. The minimum atomic E-state index is -1.02. The molecule has 1 heterocycles. The molecule has 2 rings (SSSR count). The van der Waals surface area contributed by atoms with Crippen LogP contribution in [0.2, 0.25) is 0 Å². The normalized spacial score (nSPS) is 11.6. The summed E-state index contributed by atoms with van der Waals surface area (Å²) >= 11 is 2.02. The van der Waals surface area contributed by atoms with Crippen molar-refractivity contribution < 1.29 is 19.4 Å². The second kappa shape index (κ2) is 5.08. The lowest BCUT2D eigenvalue weighted by atomic mass is 10.1. The van der Waals surface area contributed by atoms with E-state index in [1.165, 1.54) is 10.6 Å². The lowest BCUT2D eigenvalue weighted by Gasteiger charge is -2.19. The molecule has 0 amide bonds. The summed E-state index contributed by atoms with van der Waals surface area (Å²) in [4.78, 5) is 23.4. The van der Waals surface area contributed by atoms with Gasteiger partial charge in [-0.15, -0.1) is 0 Å². The van der Waals surface area contributed by atoms with Crippen molar-refractivity contribution in [2.75, 3.05) is 0 Å². The average molecular weight is 387 g/mol. The first kappa shape index (κ1) is 14.8. The summed E-state index contributed by atoms with van der Waals surface area (Å²) in [6.07, 6.45) is 1.07. The van der Waals surface area contributed by atoms with Crippen LogP contribution in [0.4, 0.5) is 4.79 Å². The molecule has 0 unspecified atom stereocenters. The highest BCUT2D eigenvalue weighted by molar-refractivity contribution is 14.1. The molecule has 106 valence electrons. The Kier molecular flexibility index (Phi) is 3.77. The standard InChI is InChI=1S/C14H14INO4/c1-14(2,3)20-13(19)16-7-9(15)11-8(12(17)18)5-4-6-10(11)16/h4-7H,1-3H3,(H,17,18). The number of carbonyl (C=O) groups excluding carboxylic acids is 1. The fourth-order valence-electron chi connectivity index (χ4n) is 1.88. The zero-order chi connectivity index (χ0) is 15.1. The van der Waals surface area contributed by atoms with Gasteiger partial charge in [0.2, 0.25) is 0 Å². The number of carboxylic acids is 1. The minimum absolute atomic E-state index is 0.175. The number of halogens is 1. The average Bonchev–Trinajstić information content (AvgIpc) is 2.65. The summed E-state index contributed by atoms with van der Waals surface area (Å²) in [5.41, 5.74) is 0.0986. The maximum absolute atomic E-state index is 12.2. The third kappa shape index (κ3) is 2.79. The summed E-state index contributed by atoms with van der Waals surface area (Å²) in [5.74, 6) is -1.02. The Morgan fingerprint density at radius 3 is 2.50 bits per heavy atom. The van der Waals surface area contributed by atoms with Crippen LogP contribution in [-0.2, 0) is 4.74 Å². The molecule has 6 heteroatoms. The Morgan fingerprint density at radius 1 is 1.30 bits per heavy atom. The molecule has 0 aliphatic rings. The van der Waals surface area contributed by atoms with Crippen molar-refractivity contribution in [2.24, 2.45) is 0 Å². The predicted octanol–water partition coefficient (Wildman–Crippen LogP) is 3.73. The summed E-state index contributed by atoms with van der Waals surface area (Å²) in [5, 5.41) is 9.76. The number of ether oxygens (including phenoxy) is 1. The third-order valence-corrected chi connectivity index (χ3v) is 3.42. The van der Waals surface area contributed by atoms with E-state index in [2.05, 4.69) is 0 Å². The van der Waals surface area contributed by atoms with Crippen LogP contribution in [0.25, 0.3) is 10.9 Å². The molecular weight excluding hydrogens is 373 g/mol. The van der Waals surface area contributed by atoms with Crippen LogP contribution in [-0.4, -0.2) is 27.3 Å². The number of carboxylic acid groups (broad SMARTS) is 1. The summed E-state index contributed by atoms with van der Waals surface area (Å²) in [6.45, 7) is 5.35. The molecule has 1 aromatic heterocycles. The molecule has 0 atom stereocenters. The second-order valence-electron chi connectivity index (χ2n) is 5.33. The van der Waals surface area contributed by atoms with Gasteiger partial charge in [0.05, 0.1) is 11.1 Å². The van der Waals surface area contributed by atoms with Gasteiger partial charge >= 0.3 is 12.1 Å². The molecule has 2 aromatic rings. The van der Waals surface area contributed by atoms with Gasteiger partial charge in [0, 0.05) is 15.2 Å². The van der Waals surface area contributed by atoms with Crippen LogP contribution in [0, 0.1) is 3.57 Å². The first-order valence-corrected chi connectivity index (χ1v) is 7.05. The number of aromatic carboxylic acids is 1. The number of aromatic nitrogens is 1. The topological polar surface area (TPSA) is 68.5 Å². The van der Waals surface area contributed by atoms with Gasteiger partial charge < -0.3 is 9.84 Å². The molecule has 0 radical (unpaired) electrons. The lowest BCUT2D eigenvalue weighted by Crippen LogP contribution is -2.26. The SMILES string of the molecule is CC(C)(C)OC(=O)n1cc(I)c2c(C(=O)O)cccc21. The molecule has 0 bridgehead atoms. The van der Waals surface area contributed by atoms with Crippen LogP contribution in [0.1, 0.15) is 31.1 Å². The summed E-state index contributed by atoms with van der Waals surface area (Å²) < 4.78 is 7.36. The van der Waals surface area contributed by atoms with Crippen molar-refractivity contribution in [3.63, 3.8) is 0 Å². The van der Waals surface area contributed by atoms with E-state index < -0.39 is 17.7 Å². The van der Waals surface area contributed by atoms with Crippen molar-refractivity contribution in [1.29, 1.82) is 0 Å². The number of rotatable bonds is 1. The maximum atomic E-state index is 12.2. The molecule has 0 aliphatic heterocycles. The summed E-state index contributed by atoms with van der Waals surface area (Å²) in [6, 6.07) is 4.84. The Balaban J connectivity index is 2.60. The van der Waals surface area contributed by atoms with Crippen LogP contribution < -0.4 is 0 Å². The monoisotopic (exact) mass is 387 g/mol. The van der Waals surface area contributed by atoms with Gasteiger partial charge in [-0.05, 0) is 55.5 Å². The number of hydrogen-bond acceptors (Lipinski definition) is 3. The smallest absolute Gasteiger partial charge is 0.419 e. The zero-order valence-electron chi connectivity index (χ0n) is 11.3. The van der Waals surface area contributed by atoms with E-state index in [0.717, 1.165) is 0 Å². The number of fused-ring (bicyclic) bond motifs is 1. The van der Waals surface area contributed by atoms with Crippen molar-refractivity contribution >= 4 is 45.6 Å². The van der Waals surface area contributed by atoms with Gasteiger partial charge in [0.15, 0.2) is 0 Å². The summed E-state index contributed by atoms with van der Waals surface area (Å²) in [7, 11) is 0. The zero-order valence-corrected chi connectivity index (χ0v) is 13.5. The molecule has 20 heavy (non-hydrogen) atoms. The highest BCUT2D eigenvalue weighted by Gasteiger charge is 2.22. The van der Waals surface area contributed by atoms with Gasteiger partial charge in [-0.2, -0.15) is 0 Å². The van der Waals surface area contributed by atoms with Gasteiger partial charge in [-0.25, -0.2) is 9.59 Å². The Labute approximate surface area is 129 Å². The van der Waals surface area contributed by atoms with E-state index in [0.29, 0.717) is 14.5 Å². The molecule has 1 N–H and O–H groups in total. The molecule has 1 aromatic carbocycles. The van der Waals surface area contributed by atoms with Crippen LogP contribution >= 0.6 is 22.6 Å². The maximum Gasteiger partial charge on any atom is 0.419 e. The largest absolute Gasteiger partial charge is 0.478 e. The second-order valence-corrected chi connectivity index (χ2v) is 6.49. The van der Waals surface area contributed by atoms with Gasteiger partial charge in [-0.1, -0.05) is 6.07 Å². The van der Waals surface area contributed by atoms with E-state index in [4.69, 9.17) is 4.74 Å². The van der Waals surface area contributed by atoms with Crippen molar-refractivity contribution in [1.82, 2.24) is 4.57 Å². The van der Waals surface area contributed by atoms with Crippen LogP contribution in [0.3, 0.4) is 0 Å². The number of carbonyl (C=O) groups is 2. The minimum Gasteiger partial charge on any atom is -0.478 e. The predicted molar refractivity (Wildman–Crippen MR) is 83.2 cm³/mol. The fourth-order valence-corrected chi connectivity index (χ4v) is 2.73. The Morgan fingerprint density at radius 2 is 1.95 bits per heavy atom. The Hall–Kier alpha value is -1.57. The molecule has 0 aliphatic carbocycles. The van der Waals surface area contributed by atoms with E-state index in [-0.39, 0.29) is 5.56 Å².